The molecule has 5 fully saturated rings. The second-order valence-electron chi connectivity index (χ2n) is 10.5. The highest BCUT2D eigenvalue weighted by Crippen LogP contribution is 2.69. The molecule has 164 valence electrons. The lowest BCUT2D eigenvalue weighted by atomic mass is 9.43. The van der Waals surface area contributed by atoms with Crippen molar-refractivity contribution in [2.75, 3.05) is 6.61 Å². The summed E-state index contributed by atoms with van der Waals surface area (Å²) in [6.07, 6.45) is 1.45. The van der Waals surface area contributed by atoms with Crippen molar-refractivity contribution in [1.82, 2.24) is 0 Å². The summed E-state index contributed by atoms with van der Waals surface area (Å²) in [5.74, 6) is 0.157. The molecule has 10 atom stereocenters. The van der Waals surface area contributed by atoms with Gasteiger partial charge >= 0.3 is 5.97 Å². The van der Waals surface area contributed by atoms with Gasteiger partial charge in [0.05, 0.1) is 11.0 Å². The first-order valence-electron chi connectivity index (χ1n) is 11.2. The van der Waals surface area contributed by atoms with Gasteiger partial charge in [0.1, 0.15) is 17.8 Å². The molecular weight excluding hydrogens is 376 g/mol. The van der Waals surface area contributed by atoms with Gasteiger partial charge in [0.15, 0.2) is 12.6 Å². The maximum absolute atomic E-state index is 12.8. The molecule has 1 spiro atoms. The van der Waals surface area contributed by atoms with Crippen LogP contribution in [-0.4, -0.2) is 58.8 Å². The minimum absolute atomic E-state index is 0.0704. The molecule has 0 aromatic carbocycles. The first kappa shape index (κ1) is 20.2. The van der Waals surface area contributed by atoms with Crippen LogP contribution in [0.1, 0.15) is 66.2 Å². The van der Waals surface area contributed by atoms with E-state index in [0.29, 0.717) is 19.4 Å². The molecule has 0 bridgehead atoms. The van der Waals surface area contributed by atoms with Crippen LogP contribution in [0.5, 0.6) is 0 Å². The third kappa shape index (κ3) is 2.29. The highest BCUT2D eigenvalue weighted by atomic mass is 16.8. The summed E-state index contributed by atoms with van der Waals surface area (Å²) in [5, 5.41) is 21.9. The Kier molecular flexibility index (Phi) is 4.29. The molecule has 5 aliphatic rings. The highest BCUT2D eigenvalue weighted by molar-refractivity contribution is 5.80. The lowest BCUT2D eigenvalue weighted by molar-refractivity contribution is -0.356. The average Bonchev–Trinajstić information content (AvgIpc) is 3.06. The monoisotopic (exact) mass is 410 g/mol. The van der Waals surface area contributed by atoms with Crippen molar-refractivity contribution in [3.63, 3.8) is 0 Å². The summed E-state index contributed by atoms with van der Waals surface area (Å²) >= 11 is 0. The molecule has 7 nitrogen and oxygen atoms in total. The zero-order chi connectivity index (χ0) is 20.8. The smallest absolute Gasteiger partial charge is 0.312 e. The Balaban J connectivity index is 1.53. The fraction of sp³-hybridized carbons (Fsp3) is 0.955. The molecule has 2 aliphatic carbocycles. The number of hydrogen-bond acceptors (Lipinski definition) is 7. The Labute approximate surface area is 172 Å². The molecule has 2 saturated carbocycles. The molecule has 0 aromatic rings. The van der Waals surface area contributed by atoms with E-state index in [2.05, 4.69) is 20.8 Å². The SMILES string of the molecule is CCOC1OC2OC3(CCC2(O)C1O)C(C)CC1OC(=O)C2(C)CCCC3(C)C12. The summed E-state index contributed by atoms with van der Waals surface area (Å²) in [4.78, 5) is 12.8. The van der Waals surface area contributed by atoms with Gasteiger partial charge in [-0.2, -0.15) is 0 Å². The Bertz CT molecular complexity index is 713. The zero-order valence-corrected chi connectivity index (χ0v) is 17.8. The van der Waals surface area contributed by atoms with Gasteiger partial charge in [-0.3, -0.25) is 4.79 Å². The van der Waals surface area contributed by atoms with Gasteiger partial charge in [-0.25, -0.2) is 0 Å². The molecular formula is C22H34O7. The van der Waals surface area contributed by atoms with Crippen LogP contribution >= 0.6 is 0 Å². The number of ether oxygens (including phenoxy) is 4. The Hall–Kier alpha value is -0.730. The number of aliphatic hydroxyl groups excluding tert-OH is 1. The summed E-state index contributed by atoms with van der Waals surface area (Å²) in [6, 6.07) is 0. The number of aliphatic hydroxyl groups is 2. The Morgan fingerprint density at radius 2 is 1.97 bits per heavy atom. The van der Waals surface area contributed by atoms with Crippen LogP contribution in [0.15, 0.2) is 0 Å². The fourth-order valence-electron chi connectivity index (χ4n) is 7.79. The van der Waals surface area contributed by atoms with Crippen molar-refractivity contribution in [1.29, 1.82) is 0 Å². The average molecular weight is 411 g/mol. The van der Waals surface area contributed by atoms with E-state index in [4.69, 9.17) is 18.9 Å². The molecule has 29 heavy (non-hydrogen) atoms. The number of fused-ring (bicyclic) bond motifs is 2. The maximum atomic E-state index is 12.8. The highest BCUT2D eigenvalue weighted by Gasteiger charge is 2.75. The van der Waals surface area contributed by atoms with Crippen molar-refractivity contribution in [3.05, 3.63) is 0 Å². The lowest BCUT2D eigenvalue weighted by Crippen LogP contribution is -2.70. The van der Waals surface area contributed by atoms with E-state index in [1.54, 1.807) is 0 Å². The van der Waals surface area contributed by atoms with E-state index in [0.717, 1.165) is 25.7 Å². The third-order valence-corrected chi connectivity index (χ3v) is 9.19. The van der Waals surface area contributed by atoms with E-state index < -0.39 is 35.3 Å². The van der Waals surface area contributed by atoms with Crippen molar-refractivity contribution in [2.45, 2.75) is 102 Å². The number of carbonyl (C=O) groups excluding carboxylic acids is 1. The van der Waals surface area contributed by atoms with Gasteiger partial charge < -0.3 is 29.2 Å². The van der Waals surface area contributed by atoms with Gasteiger partial charge in [0.25, 0.3) is 0 Å². The van der Waals surface area contributed by atoms with Crippen molar-refractivity contribution < 1.29 is 34.0 Å². The second kappa shape index (κ2) is 6.16. The molecule has 3 heterocycles. The predicted molar refractivity (Wildman–Crippen MR) is 102 cm³/mol. The topological polar surface area (TPSA) is 94.5 Å². The normalized spacial score (nSPS) is 58.8. The molecule has 0 aromatic heterocycles. The molecule has 2 N–H and O–H groups in total. The summed E-state index contributed by atoms with van der Waals surface area (Å²) < 4.78 is 24.0. The molecule has 3 saturated heterocycles. The number of esters is 1. The van der Waals surface area contributed by atoms with Gasteiger partial charge in [-0.05, 0) is 51.9 Å². The van der Waals surface area contributed by atoms with E-state index in [-0.39, 0.29) is 29.3 Å². The number of carbonyl (C=O) groups is 1. The summed E-state index contributed by atoms with van der Waals surface area (Å²) in [7, 11) is 0. The molecule has 0 amide bonds. The standard InChI is InChI=1S/C22H34O7/c1-5-26-16-15(23)21(25)9-10-22(29-18(21)28-16)12(2)11-13-14-19(3,17(24)27-13)7-6-8-20(14,22)4/h12-16,18,23,25H,5-11H2,1-4H3. The van der Waals surface area contributed by atoms with E-state index in [1.165, 1.54) is 0 Å². The summed E-state index contributed by atoms with van der Waals surface area (Å²) in [6.45, 7) is 8.67. The van der Waals surface area contributed by atoms with Gasteiger partial charge in [0.2, 0.25) is 0 Å². The van der Waals surface area contributed by atoms with Crippen LogP contribution in [-0.2, 0) is 23.7 Å². The number of rotatable bonds is 2. The van der Waals surface area contributed by atoms with Crippen LogP contribution in [0.2, 0.25) is 0 Å². The maximum Gasteiger partial charge on any atom is 0.312 e. The van der Waals surface area contributed by atoms with Crippen LogP contribution in [0, 0.1) is 22.7 Å². The quantitative estimate of drug-likeness (QED) is 0.674. The van der Waals surface area contributed by atoms with Crippen LogP contribution in [0.4, 0.5) is 0 Å². The molecule has 5 rings (SSSR count). The Morgan fingerprint density at radius 3 is 2.69 bits per heavy atom. The lowest BCUT2D eigenvalue weighted by Gasteiger charge is -2.65. The zero-order valence-electron chi connectivity index (χ0n) is 17.8. The molecule has 0 radical (unpaired) electrons. The first-order chi connectivity index (χ1) is 13.6. The van der Waals surface area contributed by atoms with Crippen LogP contribution < -0.4 is 0 Å². The van der Waals surface area contributed by atoms with E-state index in [9.17, 15) is 15.0 Å². The first-order valence-corrected chi connectivity index (χ1v) is 11.2. The van der Waals surface area contributed by atoms with Crippen LogP contribution in [0.25, 0.3) is 0 Å². The fourth-order valence-corrected chi connectivity index (χ4v) is 7.79. The van der Waals surface area contributed by atoms with Gasteiger partial charge in [-0.1, -0.05) is 20.3 Å². The largest absolute Gasteiger partial charge is 0.462 e. The molecule has 7 heteroatoms. The van der Waals surface area contributed by atoms with E-state index in [1.807, 2.05) is 6.92 Å². The molecule has 10 unspecified atom stereocenters. The second-order valence-corrected chi connectivity index (χ2v) is 10.5. The van der Waals surface area contributed by atoms with Crippen molar-refractivity contribution >= 4 is 5.97 Å². The van der Waals surface area contributed by atoms with Crippen molar-refractivity contribution in [3.8, 4) is 0 Å². The van der Waals surface area contributed by atoms with Gasteiger partial charge in [-0.15, -0.1) is 0 Å². The Morgan fingerprint density at radius 1 is 1.21 bits per heavy atom. The summed E-state index contributed by atoms with van der Waals surface area (Å²) in [5.41, 5.74) is -2.76. The third-order valence-electron chi connectivity index (χ3n) is 9.19. The molecule has 3 aliphatic heterocycles. The van der Waals surface area contributed by atoms with E-state index >= 15 is 0 Å². The van der Waals surface area contributed by atoms with Crippen molar-refractivity contribution in [2.24, 2.45) is 22.7 Å². The number of hydrogen-bond donors (Lipinski definition) is 2. The predicted octanol–water partition coefficient (Wildman–Crippen LogP) is 2.12. The minimum Gasteiger partial charge on any atom is -0.462 e. The van der Waals surface area contributed by atoms with Gasteiger partial charge in [0, 0.05) is 17.9 Å². The minimum atomic E-state index is -1.47. The van der Waals surface area contributed by atoms with Crippen LogP contribution in [0.3, 0.4) is 0 Å².